The van der Waals surface area contributed by atoms with Crippen LogP contribution in [0.5, 0.6) is 0 Å². The molecule has 3 rings (SSSR count). The topological polar surface area (TPSA) is 53.2 Å². The summed E-state index contributed by atoms with van der Waals surface area (Å²) in [6, 6.07) is 0.345. The minimum absolute atomic E-state index is 0.345. The van der Waals surface area contributed by atoms with Gasteiger partial charge in [0.05, 0.1) is 6.04 Å². The Balaban J connectivity index is 1.68. The molecule has 5 heteroatoms. The van der Waals surface area contributed by atoms with E-state index in [2.05, 4.69) is 27.2 Å². The summed E-state index contributed by atoms with van der Waals surface area (Å²) in [6.07, 6.45) is 4.24. The first-order chi connectivity index (χ1) is 8.83. The molecular formula is C13H22N4O. The Hall–Kier alpha value is -0.910. The van der Waals surface area contributed by atoms with Crippen molar-refractivity contribution in [3.8, 4) is 0 Å². The van der Waals surface area contributed by atoms with Crippen LogP contribution in [0.2, 0.25) is 0 Å². The highest BCUT2D eigenvalue weighted by Crippen LogP contribution is 2.26. The summed E-state index contributed by atoms with van der Waals surface area (Å²) in [5.74, 6) is 1.68. The van der Waals surface area contributed by atoms with E-state index in [0.717, 1.165) is 51.5 Å². The quantitative estimate of drug-likeness (QED) is 0.818. The number of piperazine rings is 1. The van der Waals surface area contributed by atoms with Crippen LogP contribution in [0.3, 0.4) is 0 Å². The maximum Gasteiger partial charge on any atom is 0.124 e. The zero-order chi connectivity index (χ0) is 12.4. The number of nitrogens with one attached hydrogen (secondary N) is 2. The Morgan fingerprint density at radius 2 is 2.22 bits per heavy atom. The maximum atomic E-state index is 5.41. The third-order valence-electron chi connectivity index (χ3n) is 3.98. The lowest BCUT2D eigenvalue weighted by atomic mass is 9.97. The molecule has 18 heavy (non-hydrogen) atoms. The van der Waals surface area contributed by atoms with Gasteiger partial charge in [0.1, 0.15) is 5.82 Å². The average Bonchev–Trinajstić information content (AvgIpc) is 2.89. The van der Waals surface area contributed by atoms with E-state index in [1.807, 2.05) is 6.20 Å². The van der Waals surface area contributed by atoms with Crippen LogP contribution in [0.4, 0.5) is 0 Å². The number of aromatic amines is 1. The summed E-state index contributed by atoms with van der Waals surface area (Å²) in [7, 11) is 2.16. The molecule has 1 unspecified atom stereocenters. The summed E-state index contributed by atoms with van der Waals surface area (Å²) in [5, 5.41) is 3.52. The number of imidazole rings is 1. The van der Waals surface area contributed by atoms with E-state index in [4.69, 9.17) is 4.74 Å². The summed E-state index contributed by atoms with van der Waals surface area (Å²) in [6.45, 7) is 4.94. The lowest BCUT2D eigenvalue weighted by molar-refractivity contribution is 0.0845. The molecule has 3 heterocycles. The van der Waals surface area contributed by atoms with Crippen LogP contribution in [-0.4, -0.2) is 54.8 Å². The van der Waals surface area contributed by atoms with Crippen LogP contribution < -0.4 is 5.32 Å². The number of hydrogen-bond donors (Lipinski definition) is 2. The van der Waals surface area contributed by atoms with Gasteiger partial charge < -0.3 is 19.9 Å². The van der Waals surface area contributed by atoms with Gasteiger partial charge in [-0.15, -0.1) is 0 Å². The van der Waals surface area contributed by atoms with Gasteiger partial charge in [0, 0.05) is 50.7 Å². The van der Waals surface area contributed by atoms with Crippen molar-refractivity contribution >= 4 is 0 Å². The summed E-state index contributed by atoms with van der Waals surface area (Å²) in [4.78, 5) is 10.4. The molecule has 0 spiro atoms. The van der Waals surface area contributed by atoms with Crippen LogP contribution in [-0.2, 0) is 4.74 Å². The lowest BCUT2D eigenvalue weighted by Gasteiger charge is -2.29. The Morgan fingerprint density at radius 3 is 3.00 bits per heavy atom. The SMILES string of the molecule is CN1CCNC(c2ncc(C3CCOCC3)[nH]2)C1. The fourth-order valence-electron chi connectivity index (χ4n) is 2.82. The van der Waals surface area contributed by atoms with Gasteiger partial charge in [0.15, 0.2) is 0 Å². The van der Waals surface area contributed by atoms with Gasteiger partial charge in [-0.1, -0.05) is 0 Å². The molecule has 0 aliphatic carbocycles. The number of nitrogens with zero attached hydrogens (tertiary/aromatic N) is 2. The Morgan fingerprint density at radius 1 is 1.39 bits per heavy atom. The van der Waals surface area contributed by atoms with Crippen LogP contribution >= 0.6 is 0 Å². The van der Waals surface area contributed by atoms with E-state index in [1.54, 1.807) is 0 Å². The normalized spacial score (nSPS) is 27.5. The van der Waals surface area contributed by atoms with Crippen LogP contribution in [0.25, 0.3) is 0 Å². The smallest absolute Gasteiger partial charge is 0.124 e. The maximum absolute atomic E-state index is 5.41. The monoisotopic (exact) mass is 250 g/mol. The van der Waals surface area contributed by atoms with Gasteiger partial charge in [-0.25, -0.2) is 4.98 Å². The van der Waals surface area contributed by atoms with Crippen molar-refractivity contribution in [1.82, 2.24) is 20.2 Å². The fourth-order valence-corrected chi connectivity index (χ4v) is 2.82. The zero-order valence-corrected chi connectivity index (χ0v) is 11.0. The number of likely N-dealkylation sites (N-methyl/N-ethyl adjacent to an activating group) is 1. The Bertz CT molecular complexity index is 386. The first-order valence-corrected chi connectivity index (χ1v) is 6.87. The minimum atomic E-state index is 0.345. The number of ether oxygens (including phenoxy) is 1. The molecule has 5 nitrogen and oxygen atoms in total. The number of rotatable bonds is 2. The van der Waals surface area contributed by atoms with Gasteiger partial charge in [0.2, 0.25) is 0 Å². The largest absolute Gasteiger partial charge is 0.381 e. The zero-order valence-electron chi connectivity index (χ0n) is 11.0. The molecule has 0 radical (unpaired) electrons. The Kier molecular flexibility index (Phi) is 3.63. The second kappa shape index (κ2) is 5.38. The number of hydrogen-bond acceptors (Lipinski definition) is 4. The molecule has 0 saturated carbocycles. The van der Waals surface area contributed by atoms with E-state index >= 15 is 0 Å². The van der Waals surface area contributed by atoms with E-state index < -0.39 is 0 Å². The average molecular weight is 250 g/mol. The highest BCUT2D eigenvalue weighted by molar-refractivity contribution is 5.11. The first kappa shape index (κ1) is 12.1. The third kappa shape index (κ3) is 2.58. The van der Waals surface area contributed by atoms with Crippen molar-refractivity contribution in [1.29, 1.82) is 0 Å². The highest BCUT2D eigenvalue weighted by Gasteiger charge is 2.23. The molecule has 2 saturated heterocycles. The van der Waals surface area contributed by atoms with E-state index in [-0.39, 0.29) is 0 Å². The van der Waals surface area contributed by atoms with Crippen molar-refractivity contribution in [2.75, 3.05) is 39.9 Å². The second-order valence-electron chi connectivity index (χ2n) is 5.38. The van der Waals surface area contributed by atoms with E-state index in [1.165, 1.54) is 5.69 Å². The summed E-state index contributed by atoms with van der Waals surface area (Å²) in [5.41, 5.74) is 1.28. The predicted molar refractivity (Wildman–Crippen MR) is 69.6 cm³/mol. The number of aromatic nitrogens is 2. The van der Waals surface area contributed by atoms with Gasteiger partial charge >= 0.3 is 0 Å². The molecule has 0 aromatic carbocycles. The van der Waals surface area contributed by atoms with E-state index in [0.29, 0.717) is 12.0 Å². The molecule has 1 atom stereocenters. The Labute approximate surface area is 108 Å². The second-order valence-corrected chi connectivity index (χ2v) is 5.38. The molecule has 2 aliphatic heterocycles. The molecule has 0 amide bonds. The molecule has 2 fully saturated rings. The van der Waals surface area contributed by atoms with Crippen LogP contribution in [0.1, 0.15) is 36.3 Å². The van der Waals surface area contributed by atoms with Gasteiger partial charge in [0.25, 0.3) is 0 Å². The van der Waals surface area contributed by atoms with Gasteiger partial charge in [-0.3, -0.25) is 0 Å². The van der Waals surface area contributed by atoms with Gasteiger partial charge in [-0.05, 0) is 19.9 Å². The summed E-state index contributed by atoms with van der Waals surface area (Å²) < 4.78 is 5.41. The molecular weight excluding hydrogens is 228 g/mol. The van der Waals surface area contributed by atoms with Gasteiger partial charge in [-0.2, -0.15) is 0 Å². The van der Waals surface area contributed by atoms with Crippen molar-refractivity contribution in [3.05, 3.63) is 17.7 Å². The predicted octanol–water partition coefficient (Wildman–Crippen LogP) is 0.880. The number of H-pyrrole nitrogens is 1. The molecule has 2 aliphatic rings. The first-order valence-electron chi connectivity index (χ1n) is 6.87. The van der Waals surface area contributed by atoms with Crippen LogP contribution in [0.15, 0.2) is 6.20 Å². The van der Waals surface area contributed by atoms with Crippen molar-refractivity contribution in [2.24, 2.45) is 0 Å². The fraction of sp³-hybridized carbons (Fsp3) is 0.769. The molecule has 100 valence electrons. The van der Waals surface area contributed by atoms with E-state index in [9.17, 15) is 0 Å². The minimum Gasteiger partial charge on any atom is -0.381 e. The molecule has 1 aromatic rings. The molecule has 0 bridgehead atoms. The standard InChI is InChI=1S/C13H22N4O/c1-17-5-4-14-12(9-17)13-15-8-11(16-13)10-2-6-18-7-3-10/h8,10,12,14H,2-7,9H2,1H3,(H,15,16). The van der Waals surface area contributed by atoms with Crippen molar-refractivity contribution in [2.45, 2.75) is 24.8 Å². The highest BCUT2D eigenvalue weighted by atomic mass is 16.5. The molecule has 2 N–H and O–H groups in total. The van der Waals surface area contributed by atoms with Crippen molar-refractivity contribution in [3.63, 3.8) is 0 Å². The lowest BCUT2D eigenvalue weighted by Crippen LogP contribution is -2.44. The summed E-state index contributed by atoms with van der Waals surface area (Å²) >= 11 is 0. The van der Waals surface area contributed by atoms with Crippen LogP contribution in [0, 0.1) is 0 Å². The third-order valence-corrected chi connectivity index (χ3v) is 3.98. The van der Waals surface area contributed by atoms with Crippen molar-refractivity contribution < 1.29 is 4.74 Å². The molecule has 1 aromatic heterocycles.